The van der Waals surface area contributed by atoms with E-state index in [0.29, 0.717) is 31.7 Å². The first-order valence-electron chi connectivity index (χ1n) is 7.01. The van der Waals surface area contributed by atoms with Gasteiger partial charge in [0.2, 0.25) is 10.0 Å². The Morgan fingerprint density at radius 1 is 1.19 bits per heavy atom. The van der Waals surface area contributed by atoms with Crippen molar-refractivity contribution in [2.45, 2.75) is 31.6 Å². The van der Waals surface area contributed by atoms with Crippen molar-refractivity contribution >= 4 is 16.3 Å². The molecule has 0 amide bonds. The van der Waals surface area contributed by atoms with Gasteiger partial charge in [0.05, 0.1) is 7.11 Å². The smallest absolute Gasteiger partial charge is 0.246 e. The summed E-state index contributed by atoms with van der Waals surface area (Å²) in [6, 6.07) is 3.41. The summed E-state index contributed by atoms with van der Waals surface area (Å²) in [5.41, 5.74) is 1.91. The molecule has 5 nitrogen and oxygen atoms in total. The number of aryl methyl sites for hydroxylation is 2. The summed E-state index contributed by atoms with van der Waals surface area (Å²) in [6.45, 7) is 4.56. The Labute approximate surface area is 126 Å². The van der Waals surface area contributed by atoms with Crippen LogP contribution in [0.5, 0.6) is 5.75 Å². The van der Waals surface area contributed by atoms with Gasteiger partial charge in [-0.25, -0.2) is 8.42 Å². The van der Waals surface area contributed by atoms with E-state index in [4.69, 9.17) is 4.74 Å². The molecular weight excluding hydrogens is 290 g/mol. The molecule has 1 saturated heterocycles. The second-order valence-electron chi connectivity index (χ2n) is 5.46. The summed E-state index contributed by atoms with van der Waals surface area (Å²) >= 11 is 0. The minimum atomic E-state index is -3.58. The second kappa shape index (κ2) is 6.15. The van der Waals surface area contributed by atoms with Crippen molar-refractivity contribution in [3.63, 3.8) is 0 Å². The van der Waals surface area contributed by atoms with Gasteiger partial charge in [-0.05, 0) is 49.9 Å². The highest BCUT2D eigenvalue weighted by Gasteiger charge is 2.31. The van der Waals surface area contributed by atoms with Crippen LogP contribution in [0, 0.1) is 19.8 Å². The maximum absolute atomic E-state index is 12.8. The molecule has 6 heteroatoms. The number of carbonyl (C=O) groups excluding carboxylic acids is 1. The number of hydrogen-bond donors (Lipinski definition) is 0. The molecule has 1 aliphatic rings. The van der Waals surface area contributed by atoms with Gasteiger partial charge in [0.15, 0.2) is 0 Å². The normalized spacial score (nSPS) is 17.7. The van der Waals surface area contributed by atoms with Gasteiger partial charge in [0.1, 0.15) is 16.9 Å². The average molecular weight is 311 g/mol. The zero-order chi connectivity index (χ0) is 15.6. The quantitative estimate of drug-likeness (QED) is 0.797. The molecule has 0 radical (unpaired) electrons. The van der Waals surface area contributed by atoms with Crippen LogP contribution in [0.2, 0.25) is 0 Å². The Kier molecular flexibility index (Phi) is 4.68. The second-order valence-corrected chi connectivity index (χ2v) is 7.37. The monoisotopic (exact) mass is 311 g/mol. The lowest BCUT2D eigenvalue weighted by Crippen LogP contribution is -2.38. The number of sulfonamides is 1. The third-order valence-corrected chi connectivity index (χ3v) is 6.01. The van der Waals surface area contributed by atoms with Gasteiger partial charge in [-0.3, -0.25) is 0 Å². The molecule has 116 valence electrons. The van der Waals surface area contributed by atoms with Crippen molar-refractivity contribution in [3.8, 4) is 5.75 Å². The van der Waals surface area contributed by atoms with Crippen LogP contribution in [0.15, 0.2) is 17.0 Å². The van der Waals surface area contributed by atoms with Crippen molar-refractivity contribution in [1.82, 2.24) is 4.31 Å². The van der Waals surface area contributed by atoms with E-state index in [1.165, 1.54) is 11.4 Å². The van der Waals surface area contributed by atoms with Gasteiger partial charge in [-0.15, -0.1) is 0 Å². The predicted molar refractivity (Wildman–Crippen MR) is 80.0 cm³/mol. The Morgan fingerprint density at radius 2 is 1.76 bits per heavy atom. The molecule has 0 aliphatic carbocycles. The van der Waals surface area contributed by atoms with E-state index in [1.807, 2.05) is 13.8 Å². The van der Waals surface area contributed by atoms with E-state index in [0.717, 1.165) is 17.4 Å². The summed E-state index contributed by atoms with van der Waals surface area (Å²) in [4.78, 5) is 11.0. The zero-order valence-corrected chi connectivity index (χ0v) is 13.4. The van der Waals surface area contributed by atoms with E-state index < -0.39 is 10.0 Å². The Hall–Kier alpha value is -1.40. The Bertz CT molecular complexity index is 631. The van der Waals surface area contributed by atoms with Gasteiger partial charge < -0.3 is 9.53 Å². The molecule has 0 N–H and O–H groups in total. The molecule has 0 atom stereocenters. The molecule has 1 aromatic rings. The molecule has 0 aromatic heterocycles. The highest BCUT2D eigenvalue weighted by Crippen LogP contribution is 2.31. The number of hydrogen-bond acceptors (Lipinski definition) is 4. The maximum Gasteiger partial charge on any atom is 0.246 e. The number of nitrogens with zero attached hydrogens (tertiary/aromatic N) is 1. The summed E-state index contributed by atoms with van der Waals surface area (Å²) in [5.74, 6) is 0.341. The molecule has 0 bridgehead atoms. The SMILES string of the molecule is COc1cc(C)c(C)cc1S(=O)(=O)N1CCC(C=O)CC1. The van der Waals surface area contributed by atoms with E-state index in [1.54, 1.807) is 12.1 Å². The summed E-state index contributed by atoms with van der Waals surface area (Å²) < 4.78 is 32.2. The topological polar surface area (TPSA) is 63.7 Å². The first kappa shape index (κ1) is 16.0. The van der Waals surface area contributed by atoms with Crippen LogP contribution < -0.4 is 4.74 Å². The molecule has 1 aliphatic heterocycles. The maximum atomic E-state index is 12.8. The standard InChI is InChI=1S/C15H21NO4S/c1-11-8-14(20-3)15(9-12(11)2)21(18,19)16-6-4-13(10-17)5-7-16/h8-10,13H,4-7H2,1-3H3. The summed E-state index contributed by atoms with van der Waals surface area (Å²) in [6.07, 6.45) is 2.08. The van der Waals surface area contributed by atoms with Gasteiger partial charge in [0.25, 0.3) is 0 Å². The fourth-order valence-corrected chi connectivity index (χ4v) is 4.21. The predicted octanol–water partition coefficient (Wildman–Crippen LogP) is 1.91. The minimum Gasteiger partial charge on any atom is -0.495 e. The lowest BCUT2D eigenvalue weighted by atomic mass is 10.0. The van der Waals surface area contributed by atoms with E-state index in [9.17, 15) is 13.2 Å². The first-order valence-corrected chi connectivity index (χ1v) is 8.45. The number of rotatable bonds is 4. The van der Waals surface area contributed by atoms with Crippen LogP contribution in [-0.4, -0.2) is 39.2 Å². The molecule has 21 heavy (non-hydrogen) atoms. The molecule has 1 aromatic carbocycles. The molecule has 0 spiro atoms. The number of ether oxygens (including phenoxy) is 1. The van der Waals surface area contributed by atoms with E-state index in [2.05, 4.69) is 0 Å². The number of benzene rings is 1. The lowest BCUT2D eigenvalue weighted by molar-refractivity contribution is -0.112. The van der Waals surface area contributed by atoms with Crippen molar-refractivity contribution in [1.29, 1.82) is 0 Å². The van der Waals surface area contributed by atoms with E-state index >= 15 is 0 Å². The third kappa shape index (κ3) is 3.11. The van der Waals surface area contributed by atoms with Crippen molar-refractivity contribution in [2.75, 3.05) is 20.2 Å². The number of piperidine rings is 1. The van der Waals surface area contributed by atoms with Crippen molar-refractivity contribution < 1.29 is 17.9 Å². The number of carbonyl (C=O) groups is 1. The van der Waals surface area contributed by atoms with Gasteiger partial charge in [-0.2, -0.15) is 4.31 Å². The molecule has 0 unspecified atom stereocenters. The number of methoxy groups -OCH3 is 1. The van der Waals surface area contributed by atoms with Crippen LogP contribution >= 0.6 is 0 Å². The zero-order valence-electron chi connectivity index (χ0n) is 12.6. The lowest BCUT2D eigenvalue weighted by Gasteiger charge is -2.29. The van der Waals surface area contributed by atoms with Gasteiger partial charge >= 0.3 is 0 Å². The van der Waals surface area contributed by atoms with Crippen LogP contribution in [0.4, 0.5) is 0 Å². The molecule has 1 heterocycles. The highest BCUT2D eigenvalue weighted by molar-refractivity contribution is 7.89. The first-order chi connectivity index (χ1) is 9.90. The van der Waals surface area contributed by atoms with Gasteiger partial charge in [0, 0.05) is 19.0 Å². The fraction of sp³-hybridized carbons (Fsp3) is 0.533. The van der Waals surface area contributed by atoms with Crippen molar-refractivity contribution in [2.24, 2.45) is 5.92 Å². The van der Waals surface area contributed by atoms with Crippen LogP contribution in [0.25, 0.3) is 0 Å². The highest BCUT2D eigenvalue weighted by atomic mass is 32.2. The summed E-state index contributed by atoms with van der Waals surface area (Å²) in [5, 5.41) is 0. The number of aldehydes is 1. The van der Waals surface area contributed by atoms with Gasteiger partial charge in [-0.1, -0.05) is 0 Å². The molecule has 2 rings (SSSR count). The van der Waals surface area contributed by atoms with Crippen LogP contribution in [0.3, 0.4) is 0 Å². The molecular formula is C15H21NO4S. The molecule has 1 fully saturated rings. The summed E-state index contributed by atoms with van der Waals surface area (Å²) in [7, 11) is -2.11. The fourth-order valence-electron chi connectivity index (χ4n) is 2.52. The van der Waals surface area contributed by atoms with Crippen molar-refractivity contribution in [3.05, 3.63) is 23.3 Å². The average Bonchev–Trinajstić information content (AvgIpc) is 2.49. The van der Waals surface area contributed by atoms with E-state index in [-0.39, 0.29) is 10.8 Å². The third-order valence-electron chi connectivity index (χ3n) is 4.09. The Morgan fingerprint density at radius 3 is 2.29 bits per heavy atom. The Balaban J connectivity index is 2.36. The largest absolute Gasteiger partial charge is 0.495 e. The van der Waals surface area contributed by atoms with Crippen LogP contribution in [0.1, 0.15) is 24.0 Å². The van der Waals surface area contributed by atoms with Crippen LogP contribution in [-0.2, 0) is 14.8 Å². The minimum absolute atomic E-state index is 0.0295. The molecule has 0 saturated carbocycles.